The molecule has 1 heterocycles. The van der Waals surface area contributed by atoms with E-state index in [0.29, 0.717) is 0 Å². The van der Waals surface area contributed by atoms with Gasteiger partial charge in [-0.15, -0.1) is 0 Å². The van der Waals surface area contributed by atoms with E-state index in [1.165, 1.54) is 18.2 Å². The Morgan fingerprint density at radius 1 is 1.38 bits per heavy atom. The minimum atomic E-state index is -4.52. The second-order valence-corrected chi connectivity index (χ2v) is 4.56. The number of nitrogens with zero attached hydrogens (tertiary/aromatic N) is 3. The molecule has 6 nitrogen and oxygen atoms in total. The highest BCUT2D eigenvalue weighted by Gasteiger charge is 2.31. The normalized spacial score (nSPS) is 10.8. The van der Waals surface area contributed by atoms with E-state index in [1.54, 1.807) is 0 Å². The first-order valence-corrected chi connectivity index (χ1v) is 6.42. The van der Waals surface area contributed by atoms with Crippen molar-refractivity contribution in [3.8, 4) is 11.3 Å². The molecule has 124 valence electrons. The van der Waals surface area contributed by atoms with Gasteiger partial charge in [0.15, 0.2) is 5.76 Å². The molecule has 0 saturated heterocycles. The SMILES string of the molecule is C=C(C(=O)OC)c1oc(-c2cccc(C(F)(F)F)c2)cc1N=[N+]=[N-]. The van der Waals surface area contributed by atoms with Gasteiger partial charge in [-0.1, -0.05) is 23.8 Å². The van der Waals surface area contributed by atoms with E-state index in [4.69, 9.17) is 9.95 Å². The van der Waals surface area contributed by atoms with Gasteiger partial charge in [0, 0.05) is 10.5 Å². The summed E-state index contributed by atoms with van der Waals surface area (Å²) in [4.78, 5) is 14.1. The minimum Gasteiger partial charge on any atom is -0.465 e. The summed E-state index contributed by atoms with van der Waals surface area (Å²) in [5.74, 6) is -1.01. The van der Waals surface area contributed by atoms with Crippen molar-refractivity contribution in [2.45, 2.75) is 6.18 Å². The Balaban J connectivity index is 2.55. The van der Waals surface area contributed by atoms with Crippen LogP contribution in [0.25, 0.3) is 27.3 Å². The molecule has 0 spiro atoms. The fourth-order valence-corrected chi connectivity index (χ4v) is 1.93. The second kappa shape index (κ2) is 6.51. The van der Waals surface area contributed by atoms with Crippen molar-refractivity contribution < 1.29 is 27.1 Å². The molecule has 0 N–H and O–H groups in total. The number of esters is 1. The summed E-state index contributed by atoms with van der Waals surface area (Å²) >= 11 is 0. The zero-order valence-corrected chi connectivity index (χ0v) is 12.3. The summed E-state index contributed by atoms with van der Waals surface area (Å²) in [5.41, 5.74) is 7.50. The number of rotatable bonds is 4. The largest absolute Gasteiger partial charge is 0.465 e. The van der Waals surface area contributed by atoms with Crippen LogP contribution in [-0.4, -0.2) is 13.1 Å². The van der Waals surface area contributed by atoms with Crippen molar-refractivity contribution in [3.63, 3.8) is 0 Å². The van der Waals surface area contributed by atoms with Crippen LogP contribution in [0.4, 0.5) is 18.9 Å². The minimum absolute atomic E-state index is 0.0106. The average molecular weight is 337 g/mol. The Morgan fingerprint density at radius 3 is 2.67 bits per heavy atom. The van der Waals surface area contributed by atoms with Crippen molar-refractivity contribution in [1.82, 2.24) is 0 Å². The number of benzene rings is 1. The van der Waals surface area contributed by atoms with Crippen LogP contribution in [0.15, 0.2) is 46.4 Å². The maximum atomic E-state index is 12.8. The molecule has 0 saturated carbocycles. The fourth-order valence-electron chi connectivity index (χ4n) is 1.93. The predicted molar refractivity (Wildman–Crippen MR) is 79.0 cm³/mol. The van der Waals surface area contributed by atoms with Crippen LogP contribution in [0.3, 0.4) is 0 Å². The topological polar surface area (TPSA) is 88.2 Å². The highest BCUT2D eigenvalue weighted by molar-refractivity contribution is 6.16. The van der Waals surface area contributed by atoms with Crippen molar-refractivity contribution in [2.24, 2.45) is 5.11 Å². The molecule has 0 fully saturated rings. The van der Waals surface area contributed by atoms with Crippen LogP contribution in [0.1, 0.15) is 11.3 Å². The van der Waals surface area contributed by atoms with Crippen LogP contribution in [-0.2, 0) is 15.7 Å². The van der Waals surface area contributed by atoms with Gasteiger partial charge >= 0.3 is 12.1 Å². The van der Waals surface area contributed by atoms with E-state index >= 15 is 0 Å². The lowest BCUT2D eigenvalue weighted by molar-refractivity contribution is -0.137. The third-order valence-corrected chi connectivity index (χ3v) is 3.05. The van der Waals surface area contributed by atoms with Gasteiger partial charge in [0.25, 0.3) is 0 Å². The van der Waals surface area contributed by atoms with E-state index in [2.05, 4.69) is 21.3 Å². The van der Waals surface area contributed by atoms with Crippen LogP contribution < -0.4 is 0 Å². The Kier molecular flexibility index (Phi) is 4.66. The molecule has 1 aromatic heterocycles. The van der Waals surface area contributed by atoms with Crippen molar-refractivity contribution in [2.75, 3.05) is 7.11 Å². The molecule has 0 aliphatic carbocycles. The van der Waals surface area contributed by atoms with Gasteiger partial charge in [-0.2, -0.15) is 13.2 Å². The number of alkyl halides is 3. The van der Waals surface area contributed by atoms with Gasteiger partial charge in [-0.05, 0) is 23.7 Å². The Labute approximate surface area is 133 Å². The number of methoxy groups -OCH3 is 1. The molecule has 0 aliphatic heterocycles. The highest BCUT2D eigenvalue weighted by Crippen LogP contribution is 2.37. The van der Waals surface area contributed by atoms with Gasteiger partial charge in [0.1, 0.15) is 5.76 Å². The third kappa shape index (κ3) is 3.41. The number of hydrogen-bond donors (Lipinski definition) is 0. The first-order valence-electron chi connectivity index (χ1n) is 6.42. The summed E-state index contributed by atoms with van der Waals surface area (Å²) < 4.78 is 48.3. The number of carbonyl (C=O) groups is 1. The summed E-state index contributed by atoms with van der Waals surface area (Å²) in [6.45, 7) is 3.47. The zero-order chi connectivity index (χ0) is 17.9. The molecule has 0 bridgehead atoms. The lowest BCUT2D eigenvalue weighted by Gasteiger charge is -2.07. The summed E-state index contributed by atoms with van der Waals surface area (Å²) in [6, 6.07) is 5.61. The number of azide groups is 1. The molecule has 0 radical (unpaired) electrons. The average Bonchev–Trinajstić information content (AvgIpc) is 2.97. The first kappa shape index (κ1) is 17.2. The van der Waals surface area contributed by atoms with Crippen molar-refractivity contribution in [1.29, 1.82) is 0 Å². The monoisotopic (exact) mass is 337 g/mol. The lowest BCUT2D eigenvalue weighted by Crippen LogP contribution is -2.04. The van der Waals surface area contributed by atoms with Crippen LogP contribution >= 0.6 is 0 Å². The highest BCUT2D eigenvalue weighted by atomic mass is 19.4. The molecule has 2 aromatic rings. The van der Waals surface area contributed by atoms with Crippen LogP contribution in [0, 0.1) is 0 Å². The summed E-state index contributed by atoms with van der Waals surface area (Å²) in [6.07, 6.45) is -4.52. The molecular formula is C15H10F3N3O3. The lowest BCUT2D eigenvalue weighted by atomic mass is 10.1. The number of furan rings is 1. The van der Waals surface area contributed by atoms with Crippen LogP contribution in [0.5, 0.6) is 0 Å². The number of ether oxygens (including phenoxy) is 1. The Bertz CT molecular complexity index is 849. The van der Waals surface area contributed by atoms with Gasteiger partial charge < -0.3 is 9.15 Å². The molecule has 0 atom stereocenters. The molecule has 0 unspecified atom stereocenters. The maximum absolute atomic E-state index is 12.8. The van der Waals surface area contributed by atoms with Gasteiger partial charge in [-0.25, -0.2) is 4.79 Å². The third-order valence-electron chi connectivity index (χ3n) is 3.05. The fraction of sp³-hybridized carbons (Fsp3) is 0.133. The second-order valence-electron chi connectivity index (χ2n) is 4.56. The quantitative estimate of drug-likeness (QED) is 0.256. The Hall–Kier alpha value is -3.19. The molecule has 0 amide bonds. The maximum Gasteiger partial charge on any atom is 0.416 e. The number of hydrogen-bond acceptors (Lipinski definition) is 4. The molecule has 9 heteroatoms. The molecule has 24 heavy (non-hydrogen) atoms. The van der Waals surface area contributed by atoms with Gasteiger partial charge in [-0.3, -0.25) is 0 Å². The van der Waals surface area contributed by atoms with Gasteiger partial charge in [0.05, 0.1) is 23.9 Å². The van der Waals surface area contributed by atoms with E-state index in [1.807, 2.05) is 0 Å². The van der Waals surface area contributed by atoms with Crippen molar-refractivity contribution in [3.05, 3.63) is 58.7 Å². The zero-order valence-electron chi connectivity index (χ0n) is 12.3. The Morgan fingerprint density at radius 2 is 2.08 bits per heavy atom. The first-order chi connectivity index (χ1) is 11.3. The van der Waals surface area contributed by atoms with E-state index in [0.717, 1.165) is 19.2 Å². The van der Waals surface area contributed by atoms with Crippen molar-refractivity contribution >= 4 is 17.2 Å². The van der Waals surface area contributed by atoms with E-state index in [9.17, 15) is 18.0 Å². The number of halogens is 3. The molecular weight excluding hydrogens is 327 g/mol. The van der Waals surface area contributed by atoms with E-state index in [-0.39, 0.29) is 28.3 Å². The molecule has 2 rings (SSSR count). The summed E-state index contributed by atoms with van der Waals surface area (Å²) in [7, 11) is 1.12. The van der Waals surface area contributed by atoms with Crippen LogP contribution in [0.2, 0.25) is 0 Å². The predicted octanol–water partition coefficient (Wildman–Crippen LogP) is 5.09. The smallest absolute Gasteiger partial charge is 0.416 e. The summed E-state index contributed by atoms with van der Waals surface area (Å²) in [5, 5.41) is 3.36. The number of carbonyl (C=O) groups excluding carboxylic acids is 1. The molecule has 1 aromatic carbocycles. The van der Waals surface area contributed by atoms with E-state index < -0.39 is 17.7 Å². The van der Waals surface area contributed by atoms with Gasteiger partial charge in [0.2, 0.25) is 0 Å². The molecule has 0 aliphatic rings. The standard InChI is InChI=1S/C15H10F3N3O3/c1-8(14(22)23-2)13-11(20-21-19)7-12(24-13)9-4-3-5-10(6-9)15(16,17)18/h3-7H,1H2,2H3.